The van der Waals surface area contributed by atoms with Crippen LogP contribution in [0.1, 0.15) is 0 Å². The lowest BCUT2D eigenvalue weighted by Gasteiger charge is -2.00. The van der Waals surface area contributed by atoms with Gasteiger partial charge in [-0.1, -0.05) is 24.3 Å². The Balaban J connectivity index is 1.94. The third kappa shape index (κ3) is 1.46. The third-order valence-corrected chi connectivity index (χ3v) is 3.90. The molecular formula is C18H11N3O. The molecule has 0 atom stereocenters. The van der Waals surface area contributed by atoms with Crippen LogP contribution in [0.2, 0.25) is 0 Å². The van der Waals surface area contributed by atoms with Gasteiger partial charge in [-0.2, -0.15) is 4.98 Å². The van der Waals surface area contributed by atoms with E-state index in [0.29, 0.717) is 5.84 Å². The first-order valence-electron chi connectivity index (χ1n) is 7.12. The molecule has 0 aliphatic carbocycles. The van der Waals surface area contributed by atoms with Gasteiger partial charge < -0.3 is 4.42 Å². The van der Waals surface area contributed by atoms with E-state index in [1.165, 1.54) is 0 Å². The van der Waals surface area contributed by atoms with Gasteiger partial charge >= 0.3 is 5.84 Å². The van der Waals surface area contributed by atoms with Crippen molar-refractivity contribution in [2.75, 3.05) is 0 Å². The number of para-hydroxylation sites is 3. The number of nitrogens with zero attached hydrogens (tertiary/aromatic N) is 3. The molecule has 4 heteroatoms. The maximum atomic E-state index is 6.03. The zero-order valence-corrected chi connectivity index (χ0v) is 11.6. The third-order valence-electron chi connectivity index (χ3n) is 3.90. The molecule has 0 N–H and O–H groups in total. The SMILES string of the molecule is c1ccc(-c2cccc3c2oc2nc4ccccc4n23)nc1. The fraction of sp³-hybridized carbons (Fsp3) is 0. The van der Waals surface area contributed by atoms with E-state index >= 15 is 0 Å². The lowest BCUT2D eigenvalue weighted by molar-refractivity contribution is 0.644. The summed E-state index contributed by atoms with van der Waals surface area (Å²) in [5.41, 5.74) is 5.68. The molecule has 3 heterocycles. The number of hydrogen-bond acceptors (Lipinski definition) is 3. The number of aromatic nitrogens is 3. The first-order chi connectivity index (χ1) is 10.9. The average Bonchev–Trinajstić information content (AvgIpc) is 3.11. The quantitative estimate of drug-likeness (QED) is 0.461. The van der Waals surface area contributed by atoms with E-state index in [4.69, 9.17) is 4.42 Å². The molecule has 0 bridgehead atoms. The maximum absolute atomic E-state index is 6.03. The van der Waals surface area contributed by atoms with Gasteiger partial charge in [-0.25, -0.2) is 0 Å². The van der Waals surface area contributed by atoms with Crippen molar-refractivity contribution >= 4 is 28.0 Å². The highest BCUT2D eigenvalue weighted by atomic mass is 16.4. The monoisotopic (exact) mass is 285 g/mol. The van der Waals surface area contributed by atoms with Crippen molar-refractivity contribution in [2.45, 2.75) is 0 Å². The van der Waals surface area contributed by atoms with Gasteiger partial charge in [0, 0.05) is 11.8 Å². The predicted octanol–water partition coefficient (Wildman–Crippen LogP) is 4.30. The highest BCUT2D eigenvalue weighted by Gasteiger charge is 2.15. The van der Waals surface area contributed by atoms with Crippen molar-refractivity contribution in [3.05, 3.63) is 66.9 Å². The second kappa shape index (κ2) is 4.18. The molecule has 0 saturated heterocycles. The normalized spacial score (nSPS) is 11.6. The van der Waals surface area contributed by atoms with E-state index in [0.717, 1.165) is 33.4 Å². The van der Waals surface area contributed by atoms with Crippen molar-refractivity contribution in [3.8, 4) is 11.3 Å². The molecule has 0 amide bonds. The molecule has 4 nitrogen and oxygen atoms in total. The van der Waals surface area contributed by atoms with Crippen LogP contribution in [0.4, 0.5) is 0 Å². The smallest absolute Gasteiger partial charge is 0.307 e. The minimum absolute atomic E-state index is 0.611. The molecule has 5 aromatic rings. The van der Waals surface area contributed by atoms with Gasteiger partial charge in [0.05, 0.1) is 22.2 Å². The minimum atomic E-state index is 0.611. The Morgan fingerprint density at radius 1 is 0.818 bits per heavy atom. The molecule has 22 heavy (non-hydrogen) atoms. The van der Waals surface area contributed by atoms with Crippen LogP contribution < -0.4 is 0 Å². The molecule has 2 aromatic carbocycles. The van der Waals surface area contributed by atoms with Crippen LogP contribution in [0.3, 0.4) is 0 Å². The summed E-state index contributed by atoms with van der Waals surface area (Å²) >= 11 is 0. The van der Waals surface area contributed by atoms with E-state index in [2.05, 4.69) is 20.4 Å². The van der Waals surface area contributed by atoms with Crippen LogP contribution in [-0.2, 0) is 0 Å². The van der Waals surface area contributed by atoms with Gasteiger partial charge in [0.1, 0.15) is 0 Å². The van der Waals surface area contributed by atoms with Crippen molar-refractivity contribution in [1.82, 2.24) is 14.4 Å². The number of oxazole rings is 1. The summed E-state index contributed by atoms with van der Waals surface area (Å²) in [5.74, 6) is 0.611. The van der Waals surface area contributed by atoms with Crippen LogP contribution in [0.5, 0.6) is 0 Å². The number of imidazole rings is 1. The van der Waals surface area contributed by atoms with Crippen molar-refractivity contribution < 1.29 is 4.42 Å². The fourth-order valence-electron chi connectivity index (χ4n) is 2.93. The number of benzene rings is 2. The van der Waals surface area contributed by atoms with E-state index in [1.54, 1.807) is 6.20 Å². The summed E-state index contributed by atoms with van der Waals surface area (Å²) in [6.45, 7) is 0. The standard InChI is InChI=1S/C18H11N3O/c1-2-9-15-14(8-1)20-18-21(15)16-10-5-6-12(17(16)22-18)13-7-3-4-11-19-13/h1-11H. The van der Waals surface area contributed by atoms with Crippen LogP contribution in [-0.4, -0.2) is 14.4 Å². The molecule has 0 aliphatic rings. The summed E-state index contributed by atoms with van der Waals surface area (Å²) in [6, 6.07) is 20.0. The van der Waals surface area contributed by atoms with E-state index in [9.17, 15) is 0 Å². The summed E-state index contributed by atoms with van der Waals surface area (Å²) in [5, 5.41) is 0. The first-order valence-corrected chi connectivity index (χ1v) is 7.12. The largest absolute Gasteiger partial charge is 0.422 e. The van der Waals surface area contributed by atoms with Gasteiger partial charge in [0.25, 0.3) is 0 Å². The molecule has 104 valence electrons. The lowest BCUT2D eigenvalue weighted by Crippen LogP contribution is -1.84. The average molecular weight is 285 g/mol. The summed E-state index contributed by atoms with van der Waals surface area (Å²) in [6.07, 6.45) is 1.79. The molecule has 0 saturated carbocycles. The molecule has 0 radical (unpaired) electrons. The summed E-state index contributed by atoms with van der Waals surface area (Å²) in [4.78, 5) is 8.99. The Labute approximate surface area is 125 Å². The highest BCUT2D eigenvalue weighted by molar-refractivity contribution is 5.94. The number of pyridine rings is 1. The zero-order valence-electron chi connectivity index (χ0n) is 11.6. The van der Waals surface area contributed by atoms with Crippen molar-refractivity contribution in [3.63, 3.8) is 0 Å². The number of rotatable bonds is 1. The van der Waals surface area contributed by atoms with Gasteiger partial charge in [0.2, 0.25) is 0 Å². The van der Waals surface area contributed by atoms with Gasteiger partial charge in [0.15, 0.2) is 5.58 Å². The Hall–Kier alpha value is -3.14. The van der Waals surface area contributed by atoms with Crippen molar-refractivity contribution in [1.29, 1.82) is 0 Å². The predicted molar refractivity (Wildman–Crippen MR) is 85.7 cm³/mol. The minimum Gasteiger partial charge on any atom is -0.422 e. The second-order valence-corrected chi connectivity index (χ2v) is 5.19. The second-order valence-electron chi connectivity index (χ2n) is 5.19. The molecule has 0 aliphatic heterocycles. The summed E-state index contributed by atoms with van der Waals surface area (Å²) in [7, 11) is 0. The van der Waals surface area contributed by atoms with Crippen LogP contribution in [0.25, 0.3) is 39.2 Å². The summed E-state index contributed by atoms with van der Waals surface area (Å²) < 4.78 is 8.09. The van der Waals surface area contributed by atoms with E-state index < -0.39 is 0 Å². The molecule has 5 rings (SSSR count). The van der Waals surface area contributed by atoms with Crippen LogP contribution in [0, 0.1) is 0 Å². The molecule has 3 aromatic heterocycles. The number of hydrogen-bond donors (Lipinski definition) is 0. The van der Waals surface area contributed by atoms with Crippen LogP contribution >= 0.6 is 0 Å². The fourth-order valence-corrected chi connectivity index (χ4v) is 2.93. The highest BCUT2D eigenvalue weighted by Crippen LogP contribution is 2.32. The molecular weight excluding hydrogens is 274 g/mol. The maximum Gasteiger partial charge on any atom is 0.307 e. The van der Waals surface area contributed by atoms with Gasteiger partial charge in [-0.15, -0.1) is 0 Å². The Kier molecular flexibility index (Phi) is 2.19. The molecule has 0 fully saturated rings. The van der Waals surface area contributed by atoms with Gasteiger partial charge in [-0.3, -0.25) is 9.38 Å². The van der Waals surface area contributed by atoms with Gasteiger partial charge in [-0.05, 0) is 36.4 Å². The first kappa shape index (κ1) is 11.5. The number of fused-ring (bicyclic) bond motifs is 5. The van der Waals surface area contributed by atoms with Crippen LogP contribution in [0.15, 0.2) is 71.3 Å². The van der Waals surface area contributed by atoms with Crippen molar-refractivity contribution in [2.24, 2.45) is 0 Å². The zero-order chi connectivity index (χ0) is 14.5. The van der Waals surface area contributed by atoms with E-state index in [-0.39, 0.29) is 0 Å². The lowest BCUT2D eigenvalue weighted by atomic mass is 10.1. The molecule has 0 spiro atoms. The Morgan fingerprint density at radius 2 is 1.68 bits per heavy atom. The van der Waals surface area contributed by atoms with E-state index in [1.807, 2.05) is 54.6 Å². The topological polar surface area (TPSA) is 43.3 Å². The Morgan fingerprint density at radius 3 is 2.59 bits per heavy atom. The Bertz CT molecular complexity index is 1120. The molecule has 0 unspecified atom stereocenters.